The molecule has 0 amide bonds. The van der Waals surface area contributed by atoms with Crippen molar-refractivity contribution in [3.8, 4) is 0 Å². The Morgan fingerprint density at radius 3 is 2.67 bits per heavy atom. The lowest BCUT2D eigenvalue weighted by Gasteiger charge is -2.40. The molecule has 2 aliphatic rings. The lowest BCUT2D eigenvalue weighted by molar-refractivity contribution is 0.0978. The third-order valence-electron chi connectivity index (χ3n) is 4.41. The van der Waals surface area contributed by atoms with Crippen LogP contribution in [0.3, 0.4) is 0 Å². The monoisotopic (exact) mass is 210 g/mol. The van der Waals surface area contributed by atoms with Crippen LogP contribution in [0.4, 0.5) is 0 Å². The van der Waals surface area contributed by atoms with Crippen molar-refractivity contribution in [3.63, 3.8) is 0 Å². The van der Waals surface area contributed by atoms with Gasteiger partial charge in [-0.15, -0.1) is 0 Å². The standard InChI is InChI=1S/C13H26N2/c1-4-13(5-6-13)10-15-8-7-14-9-12(15)11(2)3/h11-12,14H,4-10H2,1-3H3. The van der Waals surface area contributed by atoms with E-state index in [0.717, 1.165) is 12.0 Å². The second kappa shape index (κ2) is 4.42. The van der Waals surface area contributed by atoms with Gasteiger partial charge in [0.2, 0.25) is 0 Å². The van der Waals surface area contributed by atoms with Crippen molar-refractivity contribution < 1.29 is 0 Å². The zero-order valence-corrected chi connectivity index (χ0v) is 10.6. The quantitative estimate of drug-likeness (QED) is 0.764. The molecule has 0 aromatic carbocycles. The zero-order valence-electron chi connectivity index (χ0n) is 10.6. The summed E-state index contributed by atoms with van der Waals surface area (Å²) in [5.74, 6) is 0.783. The van der Waals surface area contributed by atoms with Crippen molar-refractivity contribution in [2.24, 2.45) is 11.3 Å². The average molecular weight is 210 g/mol. The van der Waals surface area contributed by atoms with Gasteiger partial charge in [-0.1, -0.05) is 20.8 Å². The summed E-state index contributed by atoms with van der Waals surface area (Å²) in [6, 6.07) is 0.766. The molecule has 2 fully saturated rings. The molecule has 0 spiro atoms. The van der Waals surface area contributed by atoms with Crippen LogP contribution in [0.5, 0.6) is 0 Å². The van der Waals surface area contributed by atoms with E-state index in [-0.39, 0.29) is 0 Å². The summed E-state index contributed by atoms with van der Waals surface area (Å²) in [5.41, 5.74) is 0.713. The Bertz CT molecular complexity index is 209. The Labute approximate surface area is 94.4 Å². The average Bonchev–Trinajstić information content (AvgIpc) is 2.99. The summed E-state index contributed by atoms with van der Waals surface area (Å²) in [6.45, 7) is 12.1. The molecule has 1 aliphatic carbocycles. The minimum Gasteiger partial charge on any atom is -0.314 e. The number of nitrogens with one attached hydrogen (secondary N) is 1. The molecule has 0 radical (unpaired) electrons. The first-order valence-corrected chi connectivity index (χ1v) is 6.62. The van der Waals surface area contributed by atoms with E-state index >= 15 is 0 Å². The van der Waals surface area contributed by atoms with Gasteiger partial charge in [-0.25, -0.2) is 0 Å². The van der Waals surface area contributed by atoms with Gasteiger partial charge in [-0.05, 0) is 30.6 Å². The normalized spacial score (nSPS) is 30.8. The van der Waals surface area contributed by atoms with Crippen molar-refractivity contribution in [1.82, 2.24) is 10.2 Å². The summed E-state index contributed by atoms with van der Waals surface area (Å²) >= 11 is 0. The molecule has 1 saturated heterocycles. The molecule has 1 atom stereocenters. The second-order valence-electron chi connectivity index (χ2n) is 5.84. The van der Waals surface area contributed by atoms with E-state index in [1.807, 2.05) is 0 Å². The Morgan fingerprint density at radius 2 is 2.13 bits per heavy atom. The van der Waals surface area contributed by atoms with Crippen LogP contribution in [0.1, 0.15) is 40.0 Å². The lowest BCUT2D eigenvalue weighted by Crippen LogP contribution is -2.54. The van der Waals surface area contributed by atoms with Crippen LogP contribution in [0.15, 0.2) is 0 Å². The molecule has 2 rings (SSSR count). The van der Waals surface area contributed by atoms with Crippen molar-refractivity contribution in [1.29, 1.82) is 0 Å². The van der Waals surface area contributed by atoms with Gasteiger partial charge in [-0.2, -0.15) is 0 Å². The highest BCUT2D eigenvalue weighted by atomic mass is 15.2. The van der Waals surface area contributed by atoms with Gasteiger partial charge in [0, 0.05) is 32.2 Å². The highest BCUT2D eigenvalue weighted by Crippen LogP contribution is 2.49. The lowest BCUT2D eigenvalue weighted by atomic mass is 9.96. The largest absolute Gasteiger partial charge is 0.314 e. The Balaban J connectivity index is 1.93. The number of nitrogens with zero attached hydrogens (tertiary/aromatic N) is 1. The highest BCUT2D eigenvalue weighted by Gasteiger charge is 2.43. The van der Waals surface area contributed by atoms with E-state index in [0.29, 0.717) is 5.41 Å². The van der Waals surface area contributed by atoms with Crippen molar-refractivity contribution in [2.75, 3.05) is 26.2 Å². The fraction of sp³-hybridized carbons (Fsp3) is 1.00. The highest BCUT2D eigenvalue weighted by molar-refractivity contribution is 4.97. The first kappa shape index (κ1) is 11.4. The Hall–Kier alpha value is -0.0800. The van der Waals surface area contributed by atoms with E-state index in [1.165, 1.54) is 45.4 Å². The third kappa shape index (κ3) is 2.54. The van der Waals surface area contributed by atoms with Crippen LogP contribution < -0.4 is 5.32 Å². The molecule has 0 aromatic rings. The maximum Gasteiger partial charge on any atom is 0.0244 e. The molecule has 1 aliphatic heterocycles. The number of rotatable bonds is 4. The van der Waals surface area contributed by atoms with E-state index in [2.05, 4.69) is 31.0 Å². The van der Waals surface area contributed by atoms with E-state index in [9.17, 15) is 0 Å². The van der Waals surface area contributed by atoms with E-state index < -0.39 is 0 Å². The van der Waals surface area contributed by atoms with Gasteiger partial charge in [-0.3, -0.25) is 4.90 Å². The fourth-order valence-corrected chi connectivity index (χ4v) is 2.85. The topological polar surface area (TPSA) is 15.3 Å². The molecular weight excluding hydrogens is 184 g/mol. The molecule has 1 heterocycles. The van der Waals surface area contributed by atoms with Crippen molar-refractivity contribution >= 4 is 0 Å². The predicted octanol–water partition coefficient (Wildman–Crippen LogP) is 2.11. The maximum absolute atomic E-state index is 3.53. The van der Waals surface area contributed by atoms with Gasteiger partial charge in [0.05, 0.1) is 0 Å². The smallest absolute Gasteiger partial charge is 0.0244 e. The van der Waals surface area contributed by atoms with Crippen LogP contribution in [-0.4, -0.2) is 37.1 Å². The molecule has 1 N–H and O–H groups in total. The summed E-state index contributed by atoms with van der Waals surface area (Å²) in [4.78, 5) is 2.75. The zero-order chi connectivity index (χ0) is 10.9. The SMILES string of the molecule is CCC1(CN2CCNCC2C(C)C)CC1. The van der Waals surface area contributed by atoms with Gasteiger partial charge in [0.25, 0.3) is 0 Å². The first-order valence-electron chi connectivity index (χ1n) is 6.62. The summed E-state index contributed by atoms with van der Waals surface area (Å²) in [6.07, 6.45) is 4.32. The van der Waals surface area contributed by atoms with Crippen molar-refractivity contribution in [3.05, 3.63) is 0 Å². The van der Waals surface area contributed by atoms with E-state index in [4.69, 9.17) is 0 Å². The Morgan fingerprint density at radius 1 is 1.40 bits per heavy atom. The van der Waals surface area contributed by atoms with Gasteiger partial charge in [0.15, 0.2) is 0 Å². The molecule has 15 heavy (non-hydrogen) atoms. The van der Waals surface area contributed by atoms with Crippen LogP contribution in [0.25, 0.3) is 0 Å². The molecule has 1 unspecified atom stereocenters. The van der Waals surface area contributed by atoms with Gasteiger partial charge < -0.3 is 5.32 Å². The van der Waals surface area contributed by atoms with Gasteiger partial charge in [0.1, 0.15) is 0 Å². The molecule has 2 nitrogen and oxygen atoms in total. The van der Waals surface area contributed by atoms with Crippen LogP contribution >= 0.6 is 0 Å². The molecule has 0 bridgehead atoms. The molecule has 2 heteroatoms. The first-order chi connectivity index (χ1) is 7.17. The predicted molar refractivity (Wildman–Crippen MR) is 65.0 cm³/mol. The molecular formula is C13H26N2. The van der Waals surface area contributed by atoms with Crippen LogP contribution in [0.2, 0.25) is 0 Å². The summed E-state index contributed by atoms with van der Waals surface area (Å²) in [7, 11) is 0. The fourth-order valence-electron chi connectivity index (χ4n) is 2.85. The molecule has 1 saturated carbocycles. The van der Waals surface area contributed by atoms with Crippen molar-refractivity contribution in [2.45, 2.75) is 46.1 Å². The van der Waals surface area contributed by atoms with Crippen LogP contribution in [-0.2, 0) is 0 Å². The molecule has 0 aromatic heterocycles. The minimum absolute atomic E-state index is 0.713. The second-order valence-corrected chi connectivity index (χ2v) is 5.84. The van der Waals surface area contributed by atoms with Gasteiger partial charge >= 0.3 is 0 Å². The third-order valence-corrected chi connectivity index (χ3v) is 4.41. The summed E-state index contributed by atoms with van der Waals surface area (Å²) in [5, 5.41) is 3.53. The maximum atomic E-state index is 3.53. The molecule has 88 valence electrons. The number of hydrogen-bond donors (Lipinski definition) is 1. The van der Waals surface area contributed by atoms with E-state index in [1.54, 1.807) is 0 Å². The van der Waals surface area contributed by atoms with Crippen LogP contribution in [0, 0.1) is 11.3 Å². The summed E-state index contributed by atoms with van der Waals surface area (Å²) < 4.78 is 0. The Kier molecular flexibility index (Phi) is 3.36. The number of hydrogen-bond acceptors (Lipinski definition) is 2. The number of piperazine rings is 1. The minimum atomic E-state index is 0.713.